The van der Waals surface area contributed by atoms with Gasteiger partial charge in [-0.05, 0) is 70.8 Å². The highest BCUT2D eigenvalue weighted by Gasteiger charge is 2.46. The van der Waals surface area contributed by atoms with Crippen molar-refractivity contribution in [3.8, 4) is 11.5 Å². The molecule has 6 heterocycles. The number of aromatic nitrogens is 2. The Kier molecular flexibility index (Phi) is 9.61. The van der Waals surface area contributed by atoms with Gasteiger partial charge in [-0.3, -0.25) is 4.79 Å². The number of benzene rings is 1. The number of morpholine rings is 1. The third kappa shape index (κ3) is 7.03. The van der Waals surface area contributed by atoms with Crippen LogP contribution in [0.15, 0.2) is 30.7 Å². The molecule has 5 aliphatic heterocycles. The van der Waals surface area contributed by atoms with Gasteiger partial charge in [-0.15, -0.1) is 0 Å². The van der Waals surface area contributed by atoms with Crippen molar-refractivity contribution in [2.24, 2.45) is 5.41 Å². The fourth-order valence-corrected chi connectivity index (χ4v) is 8.93. The van der Waals surface area contributed by atoms with Gasteiger partial charge in [0.2, 0.25) is 10.0 Å². The number of carbonyl (C=O) groups is 1. The van der Waals surface area contributed by atoms with Gasteiger partial charge in [-0.25, -0.2) is 27.5 Å². The molecule has 0 unspecified atom stereocenters. The lowest BCUT2D eigenvalue weighted by atomic mass is 9.72. The van der Waals surface area contributed by atoms with E-state index in [1.807, 2.05) is 13.8 Å². The Balaban J connectivity index is 0.923. The molecule has 0 saturated carbocycles. The molecule has 2 aromatic rings. The third-order valence-electron chi connectivity index (χ3n) is 10.4. The van der Waals surface area contributed by atoms with Gasteiger partial charge in [0.25, 0.3) is 5.91 Å². The van der Waals surface area contributed by atoms with E-state index in [1.54, 1.807) is 11.1 Å². The first-order valence-electron chi connectivity index (χ1n) is 16.9. The number of rotatable bonds is 9. The van der Waals surface area contributed by atoms with Crippen molar-refractivity contribution in [1.29, 1.82) is 0 Å². The summed E-state index contributed by atoms with van der Waals surface area (Å²) < 4.78 is 65.0. The average Bonchev–Trinajstić information content (AvgIpc) is 3.01. The van der Waals surface area contributed by atoms with Crippen molar-refractivity contribution in [1.82, 2.24) is 24.5 Å². The molecule has 13 nitrogen and oxygen atoms in total. The van der Waals surface area contributed by atoms with Crippen LogP contribution in [0.25, 0.3) is 0 Å². The Labute approximate surface area is 281 Å². The second-order valence-electron chi connectivity index (χ2n) is 14.1. The monoisotopic (exact) mass is 688 g/mol. The van der Waals surface area contributed by atoms with E-state index in [-0.39, 0.29) is 60.1 Å². The number of hydrogen-bond donors (Lipinski definition) is 1. The lowest BCUT2D eigenvalue weighted by molar-refractivity contribution is -0.0302. The van der Waals surface area contributed by atoms with E-state index in [0.717, 1.165) is 58.4 Å². The van der Waals surface area contributed by atoms with Crippen molar-refractivity contribution in [2.75, 3.05) is 70.7 Å². The molecule has 1 spiro atoms. The number of amides is 1. The van der Waals surface area contributed by atoms with Gasteiger partial charge < -0.3 is 33.6 Å². The maximum absolute atomic E-state index is 14.4. The van der Waals surface area contributed by atoms with Crippen LogP contribution in [0.1, 0.15) is 49.9 Å². The molecule has 5 aliphatic rings. The minimum atomic E-state index is -3.35. The first kappa shape index (κ1) is 33.5. The van der Waals surface area contributed by atoms with E-state index in [2.05, 4.69) is 24.5 Å². The number of piperidine rings is 1. The second kappa shape index (κ2) is 13.8. The first-order chi connectivity index (χ1) is 23.1. The third-order valence-corrected chi connectivity index (χ3v) is 12.2. The molecule has 1 amide bonds. The quantitative estimate of drug-likeness (QED) is 0.416. The van der Waals surface area contributed by atoms with E-state index >= 15 is 0 Å². The molecule has 0 aliphatic carbocycles. The van der Waals surface area contributed by atoms with Crippen LogP contribution in [-0.2, 0) is 24.2 Å². The highest BCUT2D eigenvalue weighted by Crippen LogP contribution is 2.45. The minimum absolute atomic E-state index is 0.100. The topological polar surface area (TPSA) is 136 Å². The van der Waals surface area contributed by atoms with Gasteiger partial charge in [-0.1, -0.05) is 0 Å². The minimum Gasteiger partial charge on any atom is -0.451 e. The number of halogens is 1. The van der Waals surface area contributed by atoms with Crippen LogP contribution in [0, 0.1) is 11.2 Å². The molecule has 1 N–H and O–H groups in total. The number of ether oxygens (including phenoxy) is 4. The normalized spacial score (nSPS) is 28.1. The second-order valence-corrected chi connectivity index (χ2v) is 16.1. The molecule has 262 valence electrons. The Morgan fingerprint density at radius 3 is 2.44 bits per heavy atom. The SMILES string of the molecule is C[C@@H]1COC[C@H](C)N1C(=O)c1cc(F)ccc1Oc1cncnc1N1CC2(CCN(C[C@@H]3CC[C@@H](NS(=O)(=O)C4COC4)CO3)CC2)C1. The number of likely N-dealkylation sites (tertiary alicyclic amines) is 1. The molecular formula is C33H45FN6O7S. The highest BCUT2D eigenvalue weighted by atomic mass is 32.2. The average molecular weight is 689 g/mol. The van der Waals surface area contributed by atoms with Crippen LogP contribution in [0.5, 0.6) is 11.5 Å². The maximum atomic E-state index is 14.4. The van der Waals surface area contributed by atoms with Crippen LogP contribution >= 0.6 is 0 Å². The predicted octanol–water partition coefficient (Wildman–Crippen LogP) is 2.43. The van der Waals surface area contributed by atoms with Crippen molar-refractivity contribution in [2.45, 2.75) is 69.0 Å². The predicted molar refractivity (Wildman–Crippen MR) is 174 cm³/mol. The van der Waals surface area contributed by atoms with Crippen LogP contribution in [0.3, 0.4) is 0 Å². The largest absolute Gasteiger partial charge is 0.451 e. The standard InChI is InChI=1S/C33H45FN6O7S/c1-22-14-44-15-23(2)40(22)32(41)28-11-24(34)3-6-29(28)47-30-12-35-21-36-31(30)39-19-33(20-39)7-9-38(10-8-33)13-26-5-4-25(16-46-26)37-48(42,43)27-17-45-18-27/h3,6,11-12,21-23,25-27,37H,4-5,7-10,13-20H2,1-2H3/t22-,23+,25-,26+/m1/s1. The van der Waals surface area contributed by atoms with Gasteiger partial charge in [0.1, 0.15) is 23.1 Å². The smallest absolute Gasteiger partial charge is 0.258 e. The van der Waals surface area contributed by atoms with E-state index in [0.29, 0.717) is 31.4 Å². The molecule has 5 fully saturated rings. The zero-order chi connectivity index (χ0) is 33.5. The highest BCUT2D eigenvalue weighted by molar-refractivity contribution is 7.90. The molecule has 48 heavy (non-hydrogen) atoms. The summed E-state index contributed by atoms with van der Waals surface area (Å²) >= 11 is 0. The Morgan fingerprint density at radius 2 is 1.77 bits per heavy atom. The fourth-order valence-electron chi connectivity index (χ4n) is 7.53. The summed E-state index contributed by atoms with van der Waals surface area (Å²) in [6.07, 6.45) is 6.88. The number of carbonyl (C=O) groups excluding carboxylic acids is 1. The van der Waals surface area contributed by atoms with Crippen LogP contribution in [0.4, 0.5) is 10.2 Å². The van der Waals surface area contributed by atoms with Gasteiger partial charge >= 0.3 is 0 Å². The first-order valence-corrected chi connectivity index (χ1v) is 18.5. The van der Waals surface area contributed by atoms with Crippen molar-refractivity contribution in [3.63, 3.8) is 0 Å². The van der Waals surface area contributed by atoms with Gasteiger partial charge in [-0.2, -0.15) is 0 Å². The lowest BCUT2D eigenvalue weighted by Gasteiger charge is -2.54. The summed E-state index contributed by atoms with van der Waals surface area (Å²) in [6.45, 7) is 10.1. The van der Waals surface area contributed by atoms with Gasteiger partial charge in [0.05, 0.1) is 63.0 Å². The molecule has 1 aromatic heterocycles. The van der Waals surface area contributed by atoms with Crippen LogP contribution in [-0.4, -0.2) is 129 Å². The summed E-state index contributed by atoms with van der Waals surface area (Å²) in [5.41, 5.74) is 0.334. The molecule has 1 aromatic carbocycles. The van der Waals surface area contributed by atoms with E-state index in [4.69, 9.17) is 18.9 Å². The number of hydrogen-bond acceptors (Lipinski definition) is 11. The van der Waals surface area contributed by atoms with Gasteiger partial charge in [0, 0.05) is 31.1 Å². The van der Waals surface area contributed by atoms with Crippen molar-refractivity contribution in [3.05, 3.63) is 42.1 Å². The summed E-state index contributed by atoms with van der Waals surface area (Å²) in [6, 6.07) is 3.52. The molecular weight excluding hydrogens is 643 g/mol. The van der Waals surface area contributed by atoms with E-state index < -0.39 is 21.1 Å². The van der Waals surface area contributed by atoms with Crippen LogP contribution < -0.4 is 14.4 Å². The Hall–Kier alpha value is -2.95. The van der Waals surface area contributed by atoms with Crippen molar-refractivity contribution < 1.29 is 36.6 Å². The summed E-state index contributed by atoms with van der Waals surface area (Å²) in [7, 11) is -3.35. The molecule has 4 atom stereocenters. The summed E-state index contributed by atoms with van der Waals surface area (Å²) in [4.78, 5) is 28.8. The molecule has 0 radical (unpaired) electrons. The summed E-state index contributed by atoms with van der Waals surface area (Å²) in [5, 5.41) is -0.446. The number of nitrogens with one attached hydrogen (secondary N) is 1. The number of anilines is 1. The molecule has 7 rings (SSSR count). The Bertz CT molecular complexity index is 1560. The molecule has 5 saturated heterocycles. The van der Waals surface area contributed by atoms with Gasteiger partial charge in [0.15, 0.2) is 11.6 Å². The number of sulfonamides is 1. The molecule has 15 heteroatoms. The maximum Gasteiger partial charge on any atom is 0.258 e. The van der Waals surface area contributed by atoms with E-state index in [9.17, 15) is 17.6 Å². The Morgan fingerprint density at radius 1 is 1.04 bits per heavy atom. The van der Waals surface area contributed by atoms with E-state index in [1.165, 1.54) is 24.5 Å². The zero-order valence-electron chi connectivity index (χ0n) is 27.6. The summed E-state index contributed by atoms with van der Waals surface area (Å²) in [5.74, 6) is 0.516. The zero-order valence-corrected chi connectivity index (χ0v) is 28.4. The number of nitrogens with zero attached hydrogens (tertiary/aromatic N) is 5. The lowest BCUT2D eigenvalue weighted by Crippen LogP contribution is -2.61. The van der Waals surface area contributed by atoms with Crippen molar-refractivity contribution >= 4 is 21.7 Å². The van der Waals surface area contributed by atoms with Crippen LogP contribution in [0.2, 0.25) is 0 Å². The molecule has 0 bridgehead atoms. The fraction of sp³-hybridized carbons (Fsp3) is 0.667.